The summed E-state index contributed by atoms with van der Waals surface area (Å²) >= 11 is 4.98. The van der Waals surface area contributed by atoms with Crippen LogP contribution in [0.2, 0.25) is 0 Å². The van der Waals surface area contributed by atoms with Gasteiger partial charge in [0, 0.05) is 12.1 Å². The van der Waals surface area contributed by atoms with Crippen molar-refractivity contribution in [3.8, 4) is 0 Å². The highest BCUT2D eigenvalue weighted by Gasteiger charge is 2.32. The number of ether oxygens (including phenoxy) is 1. The lowest BCUT2D eigenvalue weighted by Gasteiger charge is -2.11. The maximum Gasteiger partial charge on any atom is 0.325 e. The van der Waals surface area contributed by atoms with Gasteiger partial charge in [0.1, 0.15) is 12.2 Å². The third-order valence-corrected chi connectivity index (χ3v) is 3.19. The van der Waals surface area contributed by atoms with Gasteiger partial charge in [-0.25, -0.2) is 0 Å². The minimum Gasteiger partial charge on any atom is -0.468 e. The Balaban J connectivity index is 2.24. The average Bonchev–Trinajstić information content (AvgIpc) is 2.75. The zero-order valence-corrected chi connectivity index (χ0v) is 12.3. The Morgan fingerprint density at radius 3 is 2.91 bits per heavy atom. The van der Waals surface area contributed by atoms with Gasteiger partial charge >= 0.3 is 5.97 Å². The first-order chi connectivity index (χ1) is 10.4. The molecule has 9 heteroatoms. The van der Waals surface area contributed by atoms with Gasteiger partial charge in [0.2, 0.25) is 0 Å². The van der Waals surface area contributed by atoms with Crippen LogP contribution < -0.4 is 5.32 Å². The monoisotopic (exact) mass is 321 g/mol. The molecule has 1 aliphatic heterocycles. The summed E-state index contributed by atoms with van der Waals surface area (Å²) in [5.74, 6) is -1.10. The molecule has 1 saturated heterocycles. The van der Waals surface area contributed by atoms with Crippen molar-refractivity contribution in [2.24, 2.45) is 0 Å². The minimum atomic E-state index is -0.603. The van der Waals surface area contributed by atoms with Gasteiger partial charge in [-0.05, 0) is 23.9 Å². The fourth-order valence-corrected chi connectivity index (χ4v) is 2.06. The summed E-state index contributed by atoms with van der Waals surface area (Å²) in [4.78, 5) is 34.7. The van der Waals surface area contributed by atoms with Crippen molar-refractivity contribution >= 4 is 41.0 Å². The van der Waals surface area contributed by atoms with E-state index in [2.05, 4.69) is 10.1 Å². The molecule has 22 heavy (non-hydrogen) atoms. The van der Waals surface area contributed by atoms with E-state index in [4.69, 9.17) is 12.2 Å². The van der Waals surface area contributed by atoms with E-state index in [-0.39, 0.29) is 23.0 Å². The summed E-state index contributed by atoms with van der Waals surface area (Å²) in [6.07, 6.45) is 1.43. The molecule has 1 heterocycles. The summed E-state index contributed by atoms with van der Waals surface area (Å²) in [7, 11) is 1.21. The van der Waals surface area contributed by atoms with E-state index in [1.54, 1.807) is 6.07 Å². The quantitative estimate of drug-likeness (QED) is 0.288. The van der Waals surface area contributed by atoms with Gasteiger partial charge in [0.05, 0.1) is 12.0 Å². The molecule has 8 nitrogen and oxygen atoms in total. The lowest BCUT2D eigenvalue weighted by molar-refractivity contribution is -0.384. The van der Waals surface area contributed by atoms with Crippen LogP contribution in [0.1, 0.15) is 5.56 Å². The number of non-ortho nitro benzene ring substituents is 1. The molecular weight excluding hydrogens is 310 g/mol. The molecule has 1 aliphatic rings. The molecule has 0 spiro atoms. The number of carbonyl (C=O) groups excluding carboxylic acids is 2. The van der Waals surface area contributed by atoms with Crippen LogP contribution in [0.25, 0.3) is 6.08 Å². The van der Waals surface area contributed by atoms with Gasteiger partial charge in [-0.2, -0.15) is 0 Å². The molecule has 0 aromatic heterocycles. The number of methoxy groups -OCH3 is 1. The van der Waals surface area contributed by atoms with Crippen LogP contribution in [-0.4, -0.2) is 40.5 Å². The summed E-state index contributed by atoms with van der Waals surface area (Å²) in [6, 6.07) is 5.80. The Hall–Kier alpha value is -2.81. The lowest BCUT2D eigenvalue weighted by atomic mass is 10.1. The smallest absolute Gasteiger partial charge is 0.325 e. The molecule has 0 saturated carbocycles. The average molecular weight is 321 g/mol. The van der Waals surface area contributed by atoms with E-state index in [0.29, 0.717) is 5.56 Å². The number of benzene rings is 1. The van der Waals surface area contributed by atoms with Crippen molar-refractivity contribution < 1.29 is 19.2 Å². The summed E-state index contributed by atoms with van der Waals surface area (Å²) in [6.45, 7) is -0.298. The number of nitrogens with zero attached hydrogens (tertiary/aromatic N) is 2. The van der Waals surface area contributed by atoms with E-state index in [1.165, 1.54) is 31.4 Å². The summed E-state index contributed by atoms with van der Waals surface area (Å²) < 4.78 is 4.49. The highest BCUT2D eigenvalue weighted by Crippen LogP contribution is 2.18. The van der Waals surface area contributed by atoms with Gasteiger partial charge in [-0.3, -0.25) is 24.6 Å². The number of esters is 1. The molecule has 1 amide bonds. The first-order valence-corrected chi connectivity index (χ1v) is 6.49. The van der Waals surface area contributed by atoms with Crippen molar-refractivity contribution in [3.63, 3.8) is 0 Å². The number of nitrogens with one attached hydrogen (secondary N) is 1. The van der Waals surface area contributed by atoms with Crippen molar-refractivity contribution in [3.05, 3.63) is 45.6 Å². The zero-order chi connectivity index (χ0) is 16.3. The molecule has 114 valence electrons. The van der Waals surface area contributed by atoms with E-state index in [1.807, 2.05) is 0 Å². The van der Waals surface area contributed by atoms with Crippen molar-refractivity contribution in [2.45, 2.75) is 0 Å². The van der Waals surface area contributed by atoms with Gasteiger partial charge in [-0.15, -0.1) is 0 Å². The standard InChI is InChI=1S/C13H11N3O5S/c1-21-11(17)7-15-12(18)10(14-13(15)22)6-8-3-2-4-9(5-8)16(19)20/h2-6H,7H2,1H3,(H,14,22)/b10-6-. The predicted molar refractivity (Wildman–Crippen MR) is 80.5 cm³/mol. The number of nitro benzene ring substituents is 1. The maximum atomic E-state index is 12.2. The molecule has 1 fully saturated rings. The predicted octanol–water partition coefficient (Wildman–Crippen LogP) is 0.825. The largest absolute Gasteiger partial charge is 0.468 e. The van der Waals surface area contributed by atoms with Crippen LogP contribution in [0.3, 0.4) is 0 Å². The summed E-state index contributed by atoms with van der Waals surface area (Å²) in [5.41, 5.74) is 0.510. The van der Waals surface area contributed by atoms with Crippen molar-refractivity contribution in [1.29, 1.82) is 0 Å². The number of thiocarbonyl (C=S) groups is 1. The van der Waals surface area contributed by atoms with Gasteiger partial charge < -0.3 is 10.1 Å². The molecule has 0 bridgehead atoms. The molecule has 1 aromatic rings. The normalized spacial score (nSPS) is 15.9. The van der Waals surface area contributed by atoms with Crippen LogP contribution in [0, 0.1) is 10.1 Å². The number of carbonyl (C=O) groups is 2. The second kappa shape index (κ2) is 6.31. The van der Waals surface area contributed by atoms with Crippen LogP contribution in [0.4, 0.5) is 5.69 Å². The number of hydrogen-bond acceptors (Lipinski definition) is 6. The topological polar surface area (TPSA) is 102 Å². The Morgan fingerprint density at radius 1 is 1.55 bits per heavy atom. The van der Waals surface area contributed by atoms with E-state index >= 15 is 0 Å². The molecule has 2 rings (SSSR count). The van der Waals surface area contributed by atoms with Crippen LogP contribution >= 0.6 is 12.2 Å². The third-order valence-electron chi connectivity index (χ3n) is 2.87. The highest BCUT2D eigenvalue weighted by molar-refractivity contribution is 7.80. The van der Waals surface area contributed by atoms with E-state index in [9.17, 15) is 19.7 Å². The van der Waals surface area contributed by atoms with Crippen LogP contribution in [-0.2, 0) is 14.3 Å². The second-order valence-electron chi connectivity index (χ2n) is 4.31. The van der Waals surface area contributed by atoms with E-state index in [0.717, 1.165) is 4.90 Å². The Kier molecular flexibility index (Phi) is 4.47. The third kappa shape index (κ3) is 3.26. The van der Waals surface area contributed by atoms with Crippen LogP contribution in [0.5, 0.6) is 0 Å². The maximum absolute atomic E-state index is 12.2. The minimum absolute atomic E-state index is 0.0760. The molecule has 0 radical (unpaired) electrons. The Morgan fingerprint density at radius 2 is 2.27 bits per heavy atom. The van der Waals surface area contributed by atoms with Crippen molar-refractivity contribution in [1.82, 2.24) is 10.2 Å². The number of amides is 1. The SMILES string of the molecule is COC(=O)CN1C(=O)/C(=C/c2cccc([N+](=O)[O-])c2)NC1=S. The first kappa shape index (κ1) is 15.6. The van der Waals surface area contributed by atoms with Crippen molar-refractivity contribution in [2.75, 3.05) is 13.7 Å². The van der Waals surface area contributed by atoms with E-state index < -0.39 is 16.8 Å². The highest BCUT2D eigenvalue weighted by atomic mass is 32.1. The van der Waals surface area contributed by atoms with Gasteiger partial charge in [-0.1, -0.05) is 12.1 Å². The molecule has 0 aliphatic carbocycles. The molecular formula is C13H11N3O5S. The molecule has 1 aromatic carbocycles. The zero-order valence-electron chi connectivity index (χ0n) is 11.4. The Bertz CT molecular complexity index is 701. The van der Waals surface area contributed by atoms with Crippen LogP contribution in [0.15, 0.2) is 30.0 Å². The fraction of sp³-hybridized carbons (Fsp3) is 0.154. The fourth-order valence-electron chi connectivity index (χ4n) is 1.80. The number of hydrogen-bond donors (Lipinski definition) is 1. The molecule has 1 N–H and O–H groups in total. The van der Waals surface area contributed by atoms with Gasteiger partial charge in [0.15, 0.2) is 5.11 Å². The first-order valence-electron chi connectivity index (χ1n) is 6.08. The summed E-state index contributed by atoms with van der Waals surface area (Å²) in [5, 5.41) is 13.5. The lowest BCUT2D eigenvalue weighted by Crippen LogP contribution is -2.35. The molecule has 0 unspecified atom stereocenters. The molecule has 0 atom stereocenters. The number of nitro groups is 1. The Labute approximate surface area is 130 Å². The van der Waals surface area contributed by atoms with Gasteiger partial charge in [0.25, 0.3) is 11.6 Å². The second-order valence-corrected chi connectivity index (χ2v) is 4.69. The number of rotatable bonds is 4.